The van der Waals surface area contributed by atoms with Crippen LogP contribution in [0.3, 0.4) is 0 Å². The number of amides is 2. The first kappa shape index (κ1) is 22.4. The van der Waals surface area contributed by atoms with Crippen molar-refractivity contribution in [2.45, 2.75) is 25.8 Å². The number of nitrogens with zero attached hydrogens (tertiary/aromatic N) is 3. The van der Waals surface area contributed by atoms with Crippen molar-refractivity contribution in [2.75, 3.05) is 11.4 Å². The molecular formula is C26H23ClN4O2S. The molecule has 1 saturated heterocycles. The van der Waals surface area contributed by atoms with Gasteiger partial charge in [0.25, 0.3) is 5.91 Å². The van der Waals surface area contributed by atoms with Gasteiger partial charge in [-0.05, 0) is 49.2 Å². The third kappa shape index (κ3) is 4.76. The SMILES string of the molecule is O=C(NCc1cn(-c2ccc(N3CCCCC3=O)cc2)nc1-c1ccccc1)c1ccc(Cl)s1. The van der Waals surface area contributed by atoms with E-state index >= 15 is 0 Å². The topological polar surface area (TPSA) is 67.2 Å². The minimum Gasteiger partial charge on any atom is -0.347 e. The van der Waals surface area contributed by atoms with E-state index in [1.54, 1.807) is 12.1 Å². The summed E-state index contributed by atoms with van der Waals surface area (Å²) in [5.74, 6) is 0.00808. The molecule has 0 aliphatic carbocycles. The molecule has 0 bridgehead atoms. The summed E-state index contributed by atoms with van der Waals surface area (Å²) in [6.07, 6.45) is 4.53. The van der Waals surface area contributed by atoms with Gasteiger partial charge in [-0.3, -0.25) is 9.59 Å². The van der Waals surface area contributed by atoms with E-state index in [0.29, 0.717) is 22.2 Å². The summed E-state index contributed by atoms with van der Waals surface area (Å²) in [4.78, 5) is 27.2. The van der Waals surface area contributed by atoms with E-state index in [0.717, 1.165) is 47.6 Å². The summed E-state index contributed by atoms with van der Waals surface area (Å²) in [6, 6.07) is 21.2. The van der Waals surface area contributed by atoms with Gasteiger partial charge in [0.2, 0.25) is 5.91 Å². The largest absolute Gasteiger partial charge is 0.347 e. The number of carbonyl (C=O) groups excluding carboxylic acids is 2. The molecule has 0 atom stereocenters. The van der Waals surface area contributed by atoms with Crippen LogP contribution in [0.25, 0.3) is 16.9 Å². The highest BCUT2D eigenvalue weighted by atomic mass is 35.5. The number of rotatable bonds is 6. The van der Waals surface area contributed by atoms with Crippen LogP contribution < -0.4 is 10.2 Å². The lowest BCUT2D eigenvalue weighted by Gasteiger charge is -2.26. The quantitative estimate of drug-likeness (QED) is 0.377. The van der Waals surface area contributed by atoms with Crippen LogP contribution in [-0.2, 0) is 11.3 Å². The van der Waals surface area contributed by atoms with Gasteiger partial charge in [0.05, 0.1) is 20.6 Å². The molecule has 8 heteroatoms. The molecule has 2 amide bonds. The molecule has 0 saturated carbocycles. The Morgan fingerprint density at radius 3 is 2.47 bits per heavy atom. The lowest BCUT2D eigenvalue weighted by molar-refractivity contribution is -0.119. The van der Waals surface area contributed by atoms with Crippen molar-refractivity contribution < 1.29 is 9.59 Å². The molecule has 1 aliphatic heterocycles. The van der Waals surface area contributed by atoms with E-state index in [2.05, 4.69) is 5.32 Å². The van der Waals surface area contributed by atoms with Gasteiger partial charge in [0, 0.05) is 42.5 Å². The number of benzene rings is 2. The fourth-order valence-electron chi connectivity index (χ4n) is 4.07. The highest BCUT2D eigenvalue weighted by molar-refractivity contribution is 7.18. The Balaban J connectivity index is 1.41. The zero-order chi connectivity index (χ0) is 23.5. The van der Waals surface area contributed by atoms with Crippen molar-refractivity contribution in [3.8, 4) is 16.9 Å². The first-order chi connectivity index (χ1) is 16.6. The first-order valence-electron chi connectivity index (χ1n) is 11.2. The second-order valence-electron chi connectivity index (χ2n) is 8.12. The second-order valence-corrected chi connectivity index (χ2v) is 9.83. The molecule has 0 spiro atoms. The zero-order valence-corrected chi connectivity index (χ0v) is 20.0. The average Bonchev–Trinajstić information content (AvgIpc) is 3.50. The molecule has 2 aromatic heterocycles. The van der Waals surface area contributed by atoms with Crippen LogP contribution in [0.15, 0.2) is 72.9 Å². The van der Waals surface area contributed by atoms with Crippen LogP contribution in [0, 0.1) is 0 Å². The molecule has 1 fully saturated rings. The molecule has 3 heterocycles. The molecule has 172 valence electrons. The maximum atomic E-state index is 12.6. The van der Waals surface area contributed by atoms with Gasteiger partial charge < -0.3 is 10.2 Å². The van der Waals surface area contributed by atoms with Gasteiger partial charge >= 0.3 is 0 Å². The van der Waals surface area contributed by atoms with Crippen LogP contribution in [0.1, 0.15) is 34.5 Å². The third-order valence-corrected chi connectivity index (χ3v) is 7.05. The minimum absolute atomic E-state index is 0.167. The van der Waals surface area contributed by atoms with Crippen molar-refractivity contribution in [1.29, 1.82) is 0 Å². The number of aromatic nitrogens is 2. The van der Waals surface area contributed by atoms with Crippen LogP contribution in [-0.4, -0.2) is 28.1 Å². The first-order valence-corrected chi connectivity index (χ1v) is 12.4. The number of anilines is 1. The lowest BCUT2D eigenvalue weighted by atomic mass is 10.1. The summed E-state index contributed by atoms with van der Waals surface area (Å²) in [5, 5.41) is 7.80. The molecule has 34 heavy (non-hydrogen) atoms. The second kappa shape index (κ2) is 9.83. The van der Waals surface area contributed by atoms with Gasteiger partial charge in [0.1, 0.15) is 0 Å². The highest BCUT2D eigenvalue weighted by Crippen LogP contribution is 2.26. The van der Waals surface area contributed by atoms with E-state index in [9.17, 15) is 9.59 Å². The monoisotopic (exact) mass is 490 g/mol. The number of carbonyl (C=O) groups is 2. The molecule has 1 N–H and O–H groups in total. The van der Waals surface area contributed by atoms with E-state index in [4.69, 9.17) is 16.7 Å². The van der Waals surface area contributed by atoms with Gasteiger partial charge in [0.15, 0.2) is 0 Å². The fraction of sp³-hybridized carbons (Fsp3) is 0.192. The molecule has 4 aromatic rings. The highest BCUT2D eigenvalue weighted by Gasteiger charge is 2.20. The van der Waals surface area contributed by atoms with E-state index in [1.807, 2.05) is 70.4 Å². The van der Waals surface area contributed by atoms with Crippen LogP contribution >= 0.6 is 22.9 Å². The van der Waals surface area contributed by atoms with E-state index < -0.39 is 0 Å². The van der Waals surface area contributed by atoms with Gasteiger partial charge in [-0.25, -0.2) is 4.68 Å². The standard InChI is InChI=1S/C26H23ClN4O2S/c27-23-14-13-22(34-23)26(33)28-16-19-17-31(29-25(19)18-6-2-1-3-7-18)21-11-9-20(10-12-21)30-15-5-4-8-24(30)32/h1-3,6-7,9-14,17H,4-5,8,15-16H2,(H,28,33). The predicted octanol–water partition coefficient (Wildman–Crippen LogP) is 5.70. The number of hydrogen-bond acceptors (Lipinski definition) is 4. The Morgan fingerprint density at radius 1 is 1.00 bits per heavy atom. The number of piperidine rings is 1. The number of nitrogens with one attached hydrogen (secondary N) is 1. The summed E-state index contributed by atoms with van der Waals surface area (Å²) >= 11 is 7.22. The minimum atomic E-state index is -0.167. The summed E-state index contributed by atoms with van der Waals surface area (Å²) in [7, 11) is 0. The van der Waals surface area contributed by atoms with Gasteiger partial charge in [-0.15, -0.1) is 11.3 Å². The van der Waals surface area contributed by atoms with Crippen LogP contribution in [0.4, 0.5) is 5.69 Å². The summed E-state index contributed by atoms with van der Waals surface area (Å²) in [5.41, 5.74) is 4.47. The number of thiophene rings is 1. The van der Waals surface area contributed by atoms with Gasteiger partial charge in [-0.2, -0.15) is 5.10 Å². The molecule has 6 nitrogen and oxygen atoms in total. The van der Waals surface area contributed by atoms with Crippen molar-refractivity contribution >= 4 is 40.4 Å². The number of hydrogen-bond donors (Lipinski definition) is 1. The Labute approximate surface area is 206 Å². The lowest BCUT2D eigenvalue weighted by Crippen LogP contribution is -2.35. The van der Waals surface area contributed by atoms with Crippen molar-refractivity contribution in [3.63, 3.8) is 0 Å². The molecule has 2 aromatic carbocycles. The van der Waals surface area contributed by atoms with Crippen molar-refractivity contribution in [1.82, 2.24) is 15.1 Å². The maximum absolute atomic E-state index is 12.6. The molecular weight excluding hydrogens is 468 g/mol. The van der Waals surface area contributed by atoms with E-state index in [1.165, 1.54) is 11.3 Å². The fourth-order valence-corrected chi connectivity index (χ4v) is 5.03. The van der Waals surface area contributed by atoms with E-state index in [-0.39, 0.29) is 11.8 Å². The Hall–Kier alpha value is -3.42. The molecule has 0 radical (unpaired) electrons. The summed E-state index contributed by atoms with van der Waals surface area (Å²) in [6.45, 7) is 1.09. The van der Waals surface area contributed by atoms with Crippen LogP contribution in [0.5, 0.6) is 0 Å². The summed E-state index contributed by atoms with van der Waals surface area (Å²) < 4.78 is 2.39. The Kier molecular flexibility index (Phi) is 6.47. The van der Waals surface area contributed by atoms with Crippen molar-refractivity contribution in [3.05, 3.63) is 87.7 Å². The Bertz CT molecular complexity index is 1310. The molecule has 1 aliphatic rings. The zero-order valence-electron chi connectivity index (χ0n) is 18.4. The third-order valence-electron chi connectivity index (χ3n) is 5.82. The predicted molar refractivity (Wildman–Crippen MR) is 136 cm³/mol. The number of halogens is 1. The Morgan fingerprint density at radius 2 is 1.76 bits per heavy atom. The van der Waals surface area contributed by atoms with Gasteiger partial charge in [-0.1, -0.05) is 41.9 Å². The molecule has 5 rings (SSSR count). The maximum Gasteiger partial charge on any atom is 0.261 e. The van der Waals surface area contributed by atoms with Crippen LogP contribution in [0.2, 0.25) is 4.34 Å². The van der Waals surface area contributed by atoms with Crippen molar-refractivity contribution in [2.24, 2.45) is 0 Å². The average molecular weight is 491 g/mol. The molecule has 0 unspecified atom stereocenters. The normalized spacial score (nSPS) is 13.8. The smallest absolute Gasteiger partial charge is 0.261 e.